The van der Waals surface area contributed by atoms with E-state index in [0.29, 0.717) is 31.7 Å². The summed E-state index contributed by atoms with van der Waals surface area (Å²) in [5.74, 6) is 0.673. The molecule has 6 heteroatoms. The Kier molecular flexibility index (Phi) is 7.64. The second-order valence-corrected chi connectivity index (χ2v) is 10.2. The molecule has 1 aromatic heterocycles. The summed E-state index contributed by atoms with van der Waals surface area (Å²) < 4.78 is 1.18. The summed E-state index contributed by atoms with van der Waals surface area (Å²) in [5.41, 5.74) is 7.93. The van der Waals surface area contributed by atoms with Crippen LogP contribution in [0.15, 0.2) is 18.2 Å². The van der Waals surface area contributed by atoms with Crippen LogP contribution in [0.2, 0.25) is 0 Å². The van der Waals surface area contributed by atoms with Gasteiger partial charge >= 0.3 is 0 Å². The van der Waals surface area contributed by atoms with Crippen LogP contribution in [0.3, 0.4) is 0 Å². The van der Waals surface area contributed by atoms with Crippen LogP contribution < -0.4 is 11.1 Å². The monoisotopic (exact) mass is 429 g/mol. The van der Waals surface area contributed by atoms with Crippen LogP contribution in [0.5, 0.6) is 0 Å². The molecule has 1 heterocycles. The van der Waals surface area contributed by atoms with Crippen LogP contribution in [-0.2, 0) is 16.0 Å². The third-order valence-electron chi connectivity index (χ3n) is 6.25. The van der Waals surface area contributed by atoms with Crippen molar-refractivity contribution in [3.63, 3.8) is 0 Å². The molecule has 1 atom stereocenters. The fraction of sp³-hybridized carbons (Fsp3) is 0.625. The van der Waals surface area contributed by atoms with Gasteiger partial charge in [-0.25, -0.2) is 4.98 Å². The Morgan fingerprint density at radius 2 is 1.97 bits per heavy atom. The van der Waals surface area contributed by atoms with Crippen molar-refractivity contribution in [3.05, 3.63) is 28.8 Å². The van der Waals surface area contributed by atoms with Gasteiger partial charge in [-0.05, 0) is 42.4 Å². The van der Waals surface area contributed by atoms with Gasteiger partial charge < -0.3 is 11.1 Å². The van der Waals surface area contributed by atoms with Crippen LogP contribution in [-0.4, -0.2) is 28.8 Å². The summed E-state index contributed by atoms with van der Waals surface area (Å²) in [6, 6.07) is 6.44. The van der Waals surface area contributed by atoms with E-state index in [1.165, 1.54) is 10.3 Å². The van der Waals surface area contributed by atoms with Gasteiger partial charge in [-0.2, -0.15) is 0 Å². The minimum atomic E-state index is -0.749. The zero-order chi connectivity index (χ0) is 21.7. The van der Waals surface area contributed by atoms with E-state index >= 15 is 0 Å². The van der Waals surface area contributed by atoms with Gasteiger partial charge in [-0.3, -0.25) is 9.59 Å². The van der Waals surface area contributed by atoms with Gasteiger partial charge in [0.25, 0.3) is 0 Å². The topological polar surface area (TPSA) is 85.1 Å². The molecule has 0 radical (unpaired) electrons. The highest BCUT2D eigenvalue weighted by Gasteiger charge is 2.35. The predicted molar refractivity (Wildman–Crippen MR) is 124 cm³/mol. The van der Waals surface area contributed by atoms with Gasteiger partial charge in [0.15, 0.2) is 0 Å². The van der Waals surface area contributed by atoms with E-state index in [1.54, 1.807) is 11.3 Å². The van der Waals surface area contributed by atoms with Crippen molar-refractivity contribution in [2.45, 2.75) is 83.6 Å². The standard InChI is InChI=1S/C24H35N3O2S/c1-4-19(28)12-17(15-26-23(29)24(25)10-6-5-7-11-24)13-22-27-20-9-8-18(16(2)3)14-21(20)30-22/h8-9,14,16-17H,4-7,10-13,15,25H2,1-3H3,(H,26,29)/t17-/m0/s1. The third-order valence-corrected chi connectivity index (χ3v) is 7.29. The number of Topliss-reactive ketones (excluding diaryl/α,β-unsaturated/α-hetero) is 1. The van der Waals surface area contributed by atoms with Gasteiger partial charge in [0.1, 0.15) is 5.78 Å². The lowest BCUT2D eigenvalue weighted by Crippen LogP contribution is -2.55. The van der Waals surface area contributed by atoms with Gasteiger partial charge in [0.2, 0.25) is 5.91 Å². The Morgan fingerprint density at radius 1 is 1.23 bits per heavy atom. The molecule has 0 saturated heterocycles. The lowest BCUT2D eigenvalue weighted by atomic mass is 9.82. The summed E-state index contributed by atoms with van der Waals surface area (Å²) in [5, 5.41) is 4.08. The molecule has 5 nitrogen and oxygen atoms in total. The Morgan fingerprint density at radius 3 is 2.63 bits per heavy atom. The third kappa shape index (κ3) is 5.67. The number of nitrogens with two attached hydrogens (primary N) is 1. The highest BCUT2D eigenvalue weighted by molar-refractivity contribution is 7.18. The lowest BCUT2D eigenvalue weighted by molar-refractivity contribution is -0.128. The van der Waals surface area contributed by atoms with Gasteiger partial charge in [0.05, 0.1) is 20.8 Å². The number of thiazole rings is 1. The molecule has 164 valence electrons. The molecule has 30 heavy (non-hydrogen) atoms. The van der Waals surface area contributed by atoms with Gasteiger partial charge in [-0.1, -0.05) is 46.1 Å². The summed E-state index contributed by atoms with van der Waals surface area (Å²) in [7, 11) is 0. The van der Waals surface area contributed by atoms with Crippen molar-refractivity contribution in [1.82, 2.24) is 10.3 Å². The molecule has 3 N–H and O–H groups in total. The van der Waals surface area contributed by atoms with Gasteiger partial charge in [-0.15, -0.1) is 11.3 Å². The Bertz CT molecular complexity index is 884. The zero-order valence-electron chi connectivity index (χ0n) is 18.5. The van der Waals surface area contributed by atoms with E-state index in [9.17, 15) is 9.59 Å². The summed E-state index contributed by atoms with van der Waals surface area (Å²) in [6.45, 7) is 6.74. The second kappa shape index (κ2) is 10.0. The molecule has 1 aliphatic rings. The Labute approximate surface area is 183 Å². The number of amides is 1. The Hall–Kier alpha value is -1.79. The SMILES string of the molecule is CCC(=O)C[C@H](CNC(=O)C1(N)CCCCC1)Cc1nc2ccc(C(C)C)cc2s1. The molecule has 0 aliphatic heterocycles. The van der Waals surface area contributed by atoms with Gasteiger partial charge in [0, 0.05) is 25.8 Å². The fourth-order valence-electron chi connectivity index (χ4n) is 4.19. The van der Waals surface area contributed by atoms with E-state index in [4.69, 9.17) is 10.7 Å². The summed E-state index contributed by atoms with van der Waals surface area (Å²) >= 11 is 1.69. The number of hydrogen-bond donors (Lipinski definition) is 2. The highest BCUT2D eigenvalue weighted by atomic mass is 32.1. The number of benzene rings is 1. The fourth-order valence-corrected chi connectivity index (χ4v) is 5.32. The number of aromatic nitrogens is 1. The van der Waals surface area contributed by atoms with Crippen LogP contribution in [0.25, 0.3) is 10.2 Å². The van der Waals surface area contributed by atoms with Crippen LogP contribution in [0, 0.1) is 5.92 Å². The van der Waals surface area contributed by atoms with Crippen molar-refractivity contribution in [2.75, 3.05) is 6.54 Å². The zero-order valence-corrected chi connectivity index (χ0v) is 19.3. The van der Waals surface area contributed by atoms with Crippen molar-refractivity contribution >= 4 is 33.2 Å². The summed E-state index contributed by atoms with van der Waals surface area (Å²) in [6.07, 6.45) is 6.32. The molecule has 1 aliphatic carbocycles. The molecule has 0 bridgehead atoms. The first-order valence-corrected chi connectivity index (χ1v) is 12.1. The van der Waals surface area contributed by atoms with Crippen LogP contribution >= 0.6 is 11.3 Å². The predicted octanol–water partition coefficient (Wildman–Crippen LogP) is 4.73. The van der Waals surface area contributed by atoms with Crippen molar-refractivity contribution in [2.24, 2.45) is 11.7 Å². The minimum Gasteiger partial charge on any atom is -0.354 e. The number of rotatable bonds is 9. The average Bonchev–Trinajstić information content (AvgIpc) is 3.13. The first-order valence-electron chi connectivity index (χ1n) is 11.3. The first kappa shape index (κ1) is 22.9. The maximum Gasteiger partial charge on any atom is 0.240 e. The minimum absolute atomic E-state index is 0.0405. The van der Waals surface area contributed by atoms with Crippen LogP contribution in [0.4, 0.5) is 0 Å². The average molecular weight is 430 g/mol. The number of hydrogen-bond acceptors (Lipinski definition) is 5. The first-order chi connectivity index (χ1) is 14.3. The molecular formula is C24H35N3O2S. The molecule has 1 amide bonds. The molecule has 0 unspecified atom stereocenters. The number of nitrogens with zero attached hydrogens (tertiary/aromatic N) is 1. The molecular weight excluding hydrogens is 394 g/mol. The number of carbonyl (C=O) groups excluding carboxylic acids is 2. The maximum atomic E-state index is 12.7. The lowest BCUT2D eigenvalue weighted by Gasteiger charge is -2.32. The van der Waals surface area contributed by atoms with E-state index in [0.717, 1.165) is 42.6 Å². The Balaban J connectivity index is 1.69. The quantitative estimate of drug-likeness (QED) is 0.604. The molecule has 3 rings (SSSR count). The molecule has 2 aromatic rings. The smallest absolute Gasteiger partial charge is 0.240 e. The number of ketones is 1. The van der Waals surface area contributed by atoms with E-state index in [1.807, 2.05) is 6.92 Å². The van der Waals surface area contributed by atoms with Crippen molar-refractivity contribution in [1.29, 1.82) is 0 Å². The van der Waals surface area contributed by atoms with E-state index in [-0.39, 0.29) is 17.6 Å². The van der Waals surface area contributed by atoms with Crippen molar-refractivity contribution in [3.8, 4) is 0 Å². The molecule has 1 saturated carbocycles. The highest BCUT2D eigenvalue weighted by Crippen LogP contribution is 2.29. The molecule has 1 fully saturated rings. The molecule has 0 spiro atoms. The number of carbonyl (C=O) groups is 2. The van der Waals surface area contributed by atoms with Crippen LogP contribution in [0.1, 0.15) is 82.2 Å². The largest absolute Gasteiger partial charge is 0.354 e. The van der Waals surface area contributed by atoms with E-state index in [2.05, 4.69) is 37.4 Å². The number of fused-ring (bicyclic) bond motifs is 1. The second-order valence-electron chi connectivity index (χ2n) is 9.08. The normalized spacial score (nSPS) is 17.2. The van der Waals surface area contributed by atoms with E-state index < -0.39 is 5.54 Å². The molecule has 1 aromatic carbocycles. The number of nitrogens with one attached hydrogen (secondary N) is 1. The van der Waals surface area contributed by atoms with Crippen molar-refractivity contribution < 1.29 is 9.59 Å². The summed E-state index contributed by atoms with van der Waals surface area (Å²) in [4.78, 5) is 29.7. The maximum absolute atomic E-state index is 12.7.